The molecule has 0 saturated carbocycles. The summed E-state index contributed by atoms with van der Waals surface area (Å²) >= 11 is 0. The summed E-state index contributed by atoms with van der Waals surface area (Å²) in [6.07, 6.45) is 0. The Balaban J connectivity index is 1.68. The summed E-state index contributed by atoms with van der Waals surface area (Å²) in [4.78, 5) is 24.2. The van der Waals surface area contributed by atoms with Crippen LogP contribution >= 0.6 is 0 Å². The van der Waals surface area contributed by atoms with Crippen LogP contribution in [0.15, 0.2) is 39.3 Å². The highest BCUT2D eigenvalue weighted by Crippen LogP contribution is 2.33. The Kier molecular flexibility index (Phi) is 6.00. The number of esters is 1. The van der Waals surface area contributed by atoms with Gasteiger partial charge in [0, 0.05) is 11.0 Å². The summed E-state index contributed by atoms with van der Waals surface area (Å²) in [5.41, 5.74) is 1.40. The predicted octanol–water partition coefficient (Wildman–Crippen LogP) is 3.29. The Hall–Kier alpha value is -3.49. The van der Waals surface area contributed by atoms with Crippen molar-refractivity contribution in [2.75, 3.05) is 0 Å². The lowest BCUT2D eigenvalue weighted by Crippen LogP contribution is -2.44. The van der Waals surface area contributed by atoms with Crippen molar-refractivity contribution in [2.45, 2.75) is 47.3 Å². The van der Waals surface area contributed by atoms with Gasteiger partial charge in [0.05, 0.1) is 0 Å². The number of aryl methyl sites for hydroxylation is 1. The van der Waals surface area contributed by atoms with Crippen molar-refractivity contribution in [3.05, 3.63) is 42.0 Å². The standard InChI is InChI=1S/C21H24N4O5/c1-12(22-20(27)21(3,4)5)19(26)28-11-15-23-24-18(29-15)16-13(2)30-25-17(16)14-9-7-6-8-10-14/h6-10,12H,11H2,1-5H3,(H,22,27). The molecule has 0 bridgehead atoms. The van der Waals surface area contributed by atoms with Gasteiger partial charge in [0.15, 0.2) is 6.61 Å². The van der Waals surface area contributed by atoms with Gasteiger partial charge in [0.1, 0.15) is 23.1 Å². The number of amides is 1. The van der Waals surface area contributed by atoms with Crippen LogP contribution < -0.4 is 5.32 Å². The number of rotatable bonds is 6. The first kappa shape index (κ1) is 21.2. The molecule has 158 valence electrons. The molecule has 0 aliphatic rings. The van der Waals surface area contributed by atoms with Crippen molar-refractivity contribution in [1.29, 1.82) is 0 Å². The van der Waals surface area contributed by atoms with Crippen LogP contribution in [0.1, 0.15) is 39.3 Å². The van der Waals surface area contributed by atoms with E-state index in [9.17, 15) is 9.59 Å². The minimum absolute atomic E-state index is 0.118. The van der Waals surface area contributed by atoms with Gasteiger partial charge in [0.25, 0.3) is 11.8 Å². The third-order valence-electron chi connectivity index (χ3n) is 4.31. The SMILES string of the molecule is Cc1onc(-c2ccccc2)c1-c1nnc(COC(=O)C(C)NC(=O)C(C)(C)C)o1. The maximum Gasteiger partial charge on any atom is 0.328 e. The summed E-state index contributed by atoms with van der Waals surface area (Å²) < 4.78 is 16.1. The van der Waals surface area contributed by atoms with E-state index in [-0.39, 0.29) is 24.3 Å². The number of aromatic nitrogens is 3. The van der Waals surface area contributed by atoms with Gasteiger partial charge >= 0.3 is 5.97 Å². The molecule has 0 saturated heterocycles. The Bertz CT molecular complexity index is 1030. The Morgan fingerprint density at radius 1 is 1.17 bits per heavy atom. The summed E-state index contributed by atoms with van der Waals surface area (Å²) in [7, 11) is 0. The minimum Gasteiger partial charge on any atom is -0.454 e. The molecule has 3 rings (SSSR count). The van der Waals surface area contributed by atoms with Crippen LogP contribution in [0, 0.1) is 12.3 Å². The lowest BCUT2D eigenvalue weighted by Gasteiger charge is -2.20. The highest BCUT2D eigenvalue weighted by molar-refractivity contribution is 5.87. The monoisotopic (exact) mass is 412 g/mol. The lowest BCUT2D eigenvalue weighted by molar-refractivity contribution is -0.150. The van der Waals surface area contributed by atoms with E-state index in [1.165, 1.54) is 0 Å². The van der Waals surface area contributed by atoms with Crippen molar-refractivity contribution in [1.82, 2.24) is 20.7 Å². The Morgan fingerprint density at radius 3 is 2.53 bits per heavy atom. The van der Waals surface area contributed by atoms with E-state index >= 15 is 0 Å². The van der Waals surface area contributed by atoms with Gasteiger partial charge in [0.2, 0.25) is 5.91 Å². The van der Waals surface area contributed by atoms with Crippen molar-refractivity contribution in [3.8, 4) is 22.7 Å². The van der Waals surface area contributed by atoms with Crippen molar-refractivity contribution < 1.29 is 23.3 Å². The second kappa shape index (κ2) is 8.48. The van der Waals surface area contributed by atoms with E-state index < -0.39 is 17.4 Å². The van der Waals surface area contributed by atoms with Gasteiger partial charge in [-0.1, -0.05) is 56.3 Å². The third-order valence-corrected chi connectivity index (χ3v) is 4.31. The van der Waals surface area contributed by atoms with Crippen molar-refractivity contribution in [2.24, 2.45) is 5.41 Å². The van der Waals surface area contributed by atoms with Crippen molar-refractivity contribution in [3.63, 3.8) is 0 Å². The molecule has 1 unspecified atom stereocenters. The second-order valence-corrected chi connectivity index (χ2v) is 7.88. The first-order valence-corrected chi connectivity index (χ1v) is 9.49. The molecule has 0 spiro atoms. The predicted molar refractivity (Wildman–Crippen MR) is 107 cm³/mol. The van der Waals surface area contributed by atoms with E-state index in [0.717, 1.165) is 5.56 Å². The summed E-state index contributed by atoms with van der Waals surface area (Å²) in [6, 6.07) is 8.67. The van der Waals surface area contributed by atoms with Gasteiger partial charge < -0.3 is 19.0 Å². The molecule has 0 aliphatic carbocycles. The topological polar surface area (TPSA) is 120 Å². The van der Waals surface area contributed by atoms with Gasteiger partial charge in [-0.3, -0.25) is 4.79 Å². The first-order chi connectivity index (χ1) is 14.2. The lowest BCUT2D eigenvalue weighted by atomic mass is 9.95. The molecular formula is C21H24N4O5. The Morgan fingerprint density at radius 2 is 1.87 bits per heavy atom. The summed E-state index contributed by atoms with van der Waals surface area (Å²) in [5.74, 6) is 0.0153. The fourth-order valence-corrected chi connectivity index (χ4v) is 2.56. The van der Waals surface area contributed by atoms with Gasteiger partial charge in [-0.15, -0.1) is 10.2 Å². The molecule has 2 aromatic heterocycles. The van der Waals surface area contributed by atoms with E-state index in [1.54, 1.807) is 34.6 Å². The molecule has 30 heavy (non-hydrogen) atoms. The van der Waals surface area contributed by atoms with E-state index in [0.29, 0.717) is 17.0 Å². The highest BCUT2D eigenvalue weighted by Gasteiger charge is 2.26. The summed E-state index contributed by atoms with van der Waals surface area (Å²) in [5, 5.41) is 14.7. The van der Waals surface area contributed by atoms with Crippen LogP contribution in [-0.4, -0.2) is 33.3 Å². The normalized spacial score (nSPS) is 12.4. The van der Waals surface area contributed by atoms with Crippen LogP contribution in [0.25, 0.3) is 22.7 Å². The van der Waals surface area contributed by atoms with Crippen LogP contribution in [0.3, 0.4) is 0 Å². The molecular weight excluding hydrogens is 388 g/mol. The Labute approximate surface area is 173 Å². The number of hydrogen-bond acceptors (Lipinski definition) is 8. The maximum atomic E-state index is 12.2. The molecule has 0 aliphatic heterocycles. The molecule has 0 radical (unpaired) electrons. The number of ether oxygens (including phenoxy) is 1. The zero-order valence-electron chi connectivity index (χ0n) is 17.6. The number of benzene rings is 1. The molecule has 9 nitrogen and oxygen atoms in total. The van der Waals surface area contributed by atoms with Crippen molar-refractivity contribution >= 4 is 11.9 Å². The number of carbonyl (C=O) groups is 2. The molecule has 1 aromatic carbocycles. The number of carbonyl (C=O) groups excluding carboxylic acids is 2. The summed E-state index contributed by atoms with van der Waals surface area (Å²) in [6.45, 7) is 8.37. The highest BCUT2D eigenvalue weighted by atomic mass is 16.5. The number of hydrogen-bond donors (Lipinski definition) is 1. The van der Waals surface area contributed by atoms with Crippen LogP contribution in [0.4, 0.5) is 0 Å². The van der Waals surface area contributed by atoms with E-state index in [2.05, 4.69) is 20.7 Å². The van der Waals surface area contributed by atoms with Gasteiger partial charge in [-0.2, -0.15) is 0 Å². The fraction of sp³-hybridized carbons (Fsp3) is 0.381. The third kappa shape index (κ3) is 4.73. The maximum absolute atomic E-state index is 12.2. The zero-order valence-corrected chi connectivity index (χ0v) is 17.6. The smallest absolute Gasteiger partial charge is 0.328 e. The molecule has 9 heteroatoms. The van der Waals surface area contributed by atoms with Gasteiger partial charge in [-0.25, -0.2) is 4.79 Å². The average molecular weight is 412 g/mol. The molecule has 1 N–H and O–H groups in total. The van der Waals surface area contributed by atoms with Gasteiger partial charge in [-0.05, 0) is 13.8 Å². The molecule has 2 heterocycles. The molecule has 1 amide bonds. The molecule has 3 aromatic rings. The molecule has 0 fully saturated rings. The average Bonchev–Trinajstić information content (AvgIpc) is 3.32. The first-order valence-electron chi connectivity index (χ1n) is 9.49. The number of nitrogens with zero attached hydrogens (tertiary/aromatic N) is 3. The second-order valence-electron chi connectivity index (χ2n) is 7.88. The molecule has 1 atom stereocenters. The fourth-order valence-electron chi connectivity index (χ4n) is 2.56. The van der Waals surface area contributed by atoms with Crippen LogP contribution in [-0.2, 0) is 20.9 Å². The quantitative estimate of drug-likeness (QED) is 0.612. The van der Waals surface area contributed by atoms with Crippen LogP contribution in [0.5, 0.6) is 0 Å². The number of nitrogens with one attached hydrogen (secondary N) is 1. The largest absolute Gasteiger partial charge is 0.454 e. The van der Waals surface area contributed by atoms with E-state index in [1.807, 2.05) is 30.3 Å². The zero-order chi connectivity index (χ0) is 21.9. The van der Waals surface area contributed by atoms with Crippen LogP contribution in [0.2, 0.25) is 0 Å². The van der Waals surface area contributed by atoms with E-state index in [4.69, 9.17) is 13.7 Å². The minimum atomic E-state index is -0.802.